The highest BCUT2D eigenvalue weighted by molar-refractivity contribution is 6.17. The SMILES string of the molecule is c1ccc(-c2ccc3c4ccccc4n(-c4cccc5c4oc4cccc(-c6nc(-c7ccccc7)nc7ccccc67)c45)c3c2)cc1. The lowest BCUT2D eigenvalue weighted by Crippen LogP contribution is -1.95. The smallest absolute Gasteiger partial charge is 0.160 e. The summed E-state index contributed by atoms with van der Waals surface area (Å²) in [6.07, 6.45) is 0. The van der Waals surface area contributed by atoms with E-state index in [9.17, 15) is 0 Å². The predicted molar refractivity (Wildman–Crippen MR) is 197 cm³/mol. The third-order valence-corrected chi connectivity index (χ3v) is 9.41. The molecule has 0 saturated carbocycles. The van der Waals surface area contributed by atoms with Gasteiger partial charge in [0, 0.05) is 38.1 Å². The van der Waals surface area contributed by atoms with Crippen molar-refractivity contribution in [1.82, 2.24) is 14.5 Å². The summed E-state index contributed by atoms with van der Waals surface area (Å²) in [5, 5.41) is 5.52. The second-order valence-electron chi connectivity index (χ2n) is 12.2. The van der Waals surface area contributed by atoms with Crippen molar-refractivity contribution < 1.29 is 4.42 Å². The Morgan fingerprint density at radius 2 is 1.15 bits per heavy atom. The van der Waals surface area contributed by atoms with Gasteiger partial charge in [-0.1, -0.05) is 133 Å². The lowest BCUT2D eigenvalue weighted by Gasteiger charge is -2.11. The zero-order valence-corrected chi connectivity index (χ0v) is 25.8. The second kappa shape index (κ2) is 10.5. The molecule has 0 atom stereocenters. The summed E-state index contributed by atoms with van der Waals surface area (Å²) in [4.78, 5) is 10.2. The van der Waals surface area contributed by atoms with Crippen LogP contribution in [0.4, 0.5) is 0 Å². The molecule has 4 nitrogen and oxygen atoms in total. The van der Waals surface area contributed by atoms with Crippen molar-refractivity contribution in [2.24, 2.45) is 0 Å². The average Bonchev–Trinajstić information content (AvgIpc) is 3.71. The van der Waals surface area contributed by atoms with Crippen LogP contribution in [0.25, 0.3) is 94.1 Å². The number of hydrogen-bond donors (Lipinski definition) is 0. The first-order valence-electron chi connectivity index (χ1n) is 16.2. The van der Waals surface area contributed by atoms with Gasteiger partial charge in [0.1, 0.15) is 5.58 Å². The monoisotopic (exact) mass is 613 g/mol. The third-order valence-electron chi connectivity index (χ3n) is 9.41. The topological polar surface area (TPSA) is 43.9 Å². The first-order valence-corrected chi connectivity index (χ1v) is 16.2. The van der Waals surface area contributed by atoms with E-state index in [0.717, 1.165) is 66.4 Å². The van der Waals surface area contributed by atoms with Crippen LogP contribution < -0.4 is 0 Å². The van der Waals surface area contributed by atoms with Crippen LogP contribution in [-0.2, 0) is 0 Å². The summed E-state index contributed by atoms with van der Waals surface area (Å²) in [5.74, 6) is 0.703. The van der Waals surface area contributed by atoms with Crippen LogP contribution in [0.15, 0.2) is 168 Å². The number of hydrogen-bond acceptors (Lipinski definition) is 3. The fourth-order valence-electron chi connectivity index (χ4n) is 7.24. The van der Waals surface area contributed by atoms with Gasteiger partial charge in [0.05, 0.1) is 27.9 Å². The van der Waals surface area contributed by atoms with E-state index in [2.05, 4.69) is 144 Å². The van der Waals surface area contributed by atoms with E-state index in [-0.39, 0.29) is 0 Å². The van der Waals surface area contributed by atoms with E-state index in [0.29, 0.717) is 5.82 Å². The number of rotatable bonds is 4. The highest BCUT2D eigenvalue weighted by Crippen LogP contribution is 2.42. The quantitative estimate of drug-likeness (QED) is 0.198. The Balaban J connectivity index is 1.26. The standard InChI is InChI=1S/C44H27N3O/c1-3-13-28(14-4-1)30-25-26-32-31-17-8-10-22-37(31)47(39(32)27-30)38-23-11-20-35-41-34(19-12-24-40(41)48-43(35)38)42-33-18-7-9-21-36(33)45-44(46-42)29-15-5-2-6-16-29/h1-27H. The fourth-order valence-corrected chi connectivity index (χ4v) is 7.24. The summed E-state index contributed by atoms with van der Waals surface area (Å²) < 4.78 is 9.20. The van der Waals surface area contributed by atoms with Gasteiger partial charge in [-0.2, -0.15) is 0 Å². The van der Waals surface area contributed by atoms with Gasteiger partial charge in [-0.25, -0.2) is 9.97 Å². The predicted octanol–water partition coefficient (Wildman–Crippen LogP) is 11.6. The molecule has 10 rings (SSSR count). The van der Waals surface area contributed by atoms with Crippen molar-refractivity contribution >= 4 is 54.6 Å². The Morgan fingerprint density at radius 1 is 0.458 bits per heavy atom. The Morgan fingerprint density at radius 3 is 2.00 bits per heavy atom. The Bertz CT molecular complexity index is 2830. The lowest BCUT2D eigenvalue weighted by atomic mass is 10.00. The van der Waals surface area contributed by atoms with Crippen LogP contribution in [0.1, 0.15) is 0 Å². The van der Waals surface area contributed by atoms with Crippen molar-refractivity contribution in [3.05, 3.63) is 164 Å². The molecular weight excluding hydrogens is 587 g/mol. The highest BCUT2D eigenvalue weighted by atomic mass is 16.3. The normalized spacial score (nSPS) is 11.8. The van der Waals surface area contributed by atoms with Crippen molar-refractivity contribution in [3.8, 4) is 39.5 Å². The summed E-state index contributed by atoms with van der Waals surface area (Å²) >= 11 is 0. The van der Waals surface area contributed by atoms with E-state index >= 15 is 0 Å². The molecule has 3 heterocycles. The Labute approximate surface area is 276 Å². The number of benzene rings is 7. The third kappa shape index (κ3) is 4.03. The molecular formula is C44H27N3O. The first-order chi connectivity index (χ1) is 23.8. The molecule has 0 aliphatic heterocycles. The molecule has 0 radical (unpaired) electrons. The number of fused-ring (bicyclic) bond motifs is 7. The molecule has 0 aliphatic carbocycles. The first kappa shape index (κ1) is 26.7. The maximum absolute atomic E-state index is 6.84. The minimum atomic E-state index is 0.703. The van der Waals surface area contributed by atoms with Crippen LogP contribution in [0.3, 0.4) is 0 Å². The summed E-state index contributed by atoms with van der Waals surface area (Å²) in [6.45, 7) is 0. The van der Waals surface area contributed by atoms with E-state index in [1.807, 2.05) is 24.3 Å². The molecule has 10 aromatic rings. The van der Waals surface area contributed by atoms with Gasteiger partial charge in [-0.3, -0.25) is 0 Å². The van der Waals surface area contributed by atoms with Crippen molar-refractivity contribution in [2.45, 2.75) is 0 Å². The largest absolute Gasteiger partial charge is 0.454 e. The van der Waals surface area contributed by atoms with Crippen LogP contribution in [0.5, 0.6) is 0 Å². The molecule has 3 aromatic heterocycles. The van der Waals surface area contributed by atoms with Gasteiger partial charge in [0.2, 0.25) is 0 Å². The molecule has 0 aliphatic rings. The molecule has 0 saturated heterocycles. The van der Waals surface area contributed by atoms with Crippen molar-refractivity contribution in [1.29, 1.82) is 0 Å². The number of nitrogens with zero attached hydrogens (tertiary/aromatic N) is 3. The molecule has 0 spiro atoms. The minimum Gasteiger partial charge on any atom is -0.454 e. The zero-order valence-electron chi connectivity index (χ0n) is 25.8. The molecule has 0 amide bonds. The number of furan rings is 1. The van der Waals surface area contributed by atoms with E-state index in [1.165, 1.54) is 21.9 Å². The van der Waals surface area contributed by atoms with Gasteiger partial charge in [0.25, 0.3) is 0 Å². The van der Waals surface area contributed by atoms with Gasteiger partial charge < -0.3 is 8.98 Å². The maximum Gasteiger partial charge on any atom is 0.160 e. The molecule has 4 heteroatoms. The van der Waals surface area contributed by atoms with Gasteiger partial charge in [-0.15, -0.1) is 0 Å². The van der Waals surface area contributed by atoms with Crippen molar-refractivity contribution in [3.63, 3.8) is 0 Å². The summed E-state index contributed by atoms with van der Waals surface area (Å²) in [7, 11) is 0. The highest BCUT2D eigenvalue weighted by Gasteiger charge is 2.21. The summed E-state index contributed by atoms with van der Waals surface area (Å²) in [5.41, 5.74) is 11.1. The van der Waals surface area contributed by atoms with E-state index in [4.69, 9.17) is 14.4 Å². The number of para-hydroxylation sites is 3. The lowest BCUT2D eigenvalue weighted by molar-refractivity contribution is 0.666. The van der Waals surface area contributed by atoms with Crippen molar-refractivity contribution in [2.75, 3.05) is 0 Å². The minimum absolute atomic E-state index is 0.703. The van der Waals surface area contributed by atoms with Crippen LogP contribution in [-0.4, -0.2) is 14.5 Å². The maximum atomic E-state index is 6.84. The fraction of sp³-hybridized carbons (Fsp3) is 0. The van der Waals surface area contributed by atoms with Crippen LogP contribution in [0.2, 0.25) is 0 Å². The molecule has 0 fully saturated rings. The zero-order chi connectivity index (χ0) is 31.6. The summed E-state index contributed by atoms with van der Waals surface area (Å²) in [6, 6.07) is 57.1. The van der Waals surface area contributed by atoms with Gasteiger partial charge in [0.15, 0.2) is 11.4 Å². The molecule has 224 valence electrons. The molecule has 7 aromatic carbocycles. The Hall–Kier alpha value is -6.52. The van der Waals surface area contributed by atoms with Gasteiger partial charge >= 0.3 is 0 Å². The average molecular weight is 614 g/mol. The van der Waals surface area contributed by atoms with Crippen LogP contribution in [0, 0.1) is 0 Å². The molecule has 0 unspecified atom stereocenters. The molecule has 0 N–H and O–H groups in total. The number of aromatic nitrogens is 3. The molecule has 0 bridgehead atoms. The van der Waals surface area contributed by atoms with E-state index in [1.54, 1.807) is 0 Å². The van der Waals surface area contributed by atoms with E-state index < -0.39 is 0 Å². The Kier molecular flexibility index (Phi) is 5.84. The van der Waals surface area contributed by atoms with Gasteiger partial charge in [-0.05, 0) is 41.5 Å². The second-order valence-corrected chi connectivity index (χ2v) is 12.2. The molecule has 48 heavy (non-hydrogen) atoms. The van der Waals surface area contributed by atoms with Crippen LogP contribution >= 0.6 is 0 Å².